The van der Waals surface area contributed by atoms with Crippen molar-refractivity contribution in [1.29, 1.82) is 0 Å². The number of fused-ring (bicyclic) bond motifs is 1. The van der Waals surface area contributed by atoms with E-state index in [1.54, 1.807) is 20.8 Å². The molecule has 0 radical (unpaired) electrons. The molecule has 2 aliphatic heterocycles. The van der Waals surface area contributed by atoms with Gasteiger partial charge in [0.05, 0.1) is 16.9 Å². The van der Waals surface area contributed by atoms with Gasteiger partial charge in [0, 0.05) is 19.0 Å². The monoisotopic (exact) mass is 319 g/mol. The maximum atomic E-state index is 12.1. The molecule has 0 bridgehead atoms. The highest BCUT2D eigenvalue weighted by Crippen LogP contribution is 2.44. The summed E-state index contributed by atoms with van der Waals surface area (Å²) in [6.45, 7) is 5.31. The first-order valence-electron chi connectivity index (χ1n) is 6.87. The van der Waals surface area contributed by atoms with Crippen LogP contribution in [0.1, 0.15) is 27.2 Å². The van der Waals surface area contributed by atoms with Gasteiger partial charge in [-0.1, -0.05) is 0 Å². The molecule has 2 heterocycles. The van der Waals surface area contributed by atoms with Gasteiger partial charge >= 0.3 is 12.1 Å². The Morgan fingerprint density at radius 3 is 2.48 bits per heavy atom. The number of carbonyl (C=O) groups excluding carboxylic acids is 1. The van der Waals surface area contributed by atoms with E-state index < -0.39 is 38.8 Å². The molecule has 0 aromatic rings. The van der Waals surface area contributed by atoms with Crippen LogP contribution < -0.4 is 0 Å². The molecule has 8 heteroatoms. The van der Waals surface area contributed by atoms with Gasteiger partial charge in [-0.05, 0) is 27.2 Å². The Hall–Kier alpha value is -1.31. The molecule has 0 spiro atoms. The van der Waals surface area contributed by atoms with Crippen molar-refractivity contribution in [1.82, 2.24) is 4.90 Å². The lowest BCUT2D eigenvalue weighted by atomic mass is 9.76. The van der Waals surface area contributed by atoms with Crippen LogP contribution in [0.15, 0.2) is 0 Å². The van der Waals surface area contributed by atoms with Crippen LogP contribution in [0.25, 0.3) is 0 Å². The van der Waals surface area contributed by atoms with Gasteiger partial charge in [-0.25, -0.2) is 13.2 Å². The Bertz CT molecular complexity index is 564. The fraction of sp³-hybridized carbons (Fsp3) is 0.846. The minimum atomic E-state index is -3.23. The number of hydrogen-bond donors (Lipinski definition) is 1. The van der Waals surface area contributed by atoms with Crippen molar-refractivity contribution in [2.24, 2.45) is 11.3 Å². The van der Waals surface area contributed by atoms with Crippen LogP contribution in [0.2, 0.25) is 0 Å². The third kappa shape index (κ3) is 3.14. The van der Waals surface area contributed by atoms with Gasteiger partial charge in [-0.15, -0.1) is 0 Å². The predicted molar refractivity (Wildman–Crippen MR) is 74.6 cm³/mol. The van der Waals surface area contributed by atoms with Crippen LogP contribution in [0.5, 0.6) is 0 Å². The van der Waals surface area contributed by atoms with Crippen molar-refractivity contribution in [2.75, 3.05) is 24.6 Å². The number of nitrogens with zero attached hydrogens (tertiary/aromatic N) is 1. The Labute approximate surface area is 124 Å². The van der Waals surface area contributed by atoms with Crippen molar-refractivity contribution >= 4 is 21.9 Å². The van der Waals surface area contributed by atoms with Crippen molar-refractivity contribution in [3.8, 4) is 0 Å². The van der Waals surface area contributed by atoms with Gasteiger partial charge in [0.25, 0.3) is 0 Å². The summed E-state index contributed by atoms with van der Waals surface area (Å²) in [5.74, 6) is -1.92. The van der Waals surface area contributed by atoms with Crippen LogP contribution in [-0.2, 0) is 19.4 Å². The molecular formula is C13H21NO6S. The number of amides is 1. The van der Waals surface area contributed by atoms with Crippen LogP contribution in [0, 0.1) is 11.3 Å². The molecule has 2 saturated heterocycles. The summed E-state index contributed by atoms with van der Waals surface area (Å²) < 4.78 is 28.7. The number of hydrogen-bond acceptors (Lipinski definition) is 5. The Kier molecular flexibility index (Phi) is 3.72. The lowest BCUT2D eigenvalue weighted by Crippen LogP contribution is -2.47. The first kappa shape index (κ1) is 16.1. The second-order valence-corrected chi connectivity index (χ2v) is 9.11. The fourth-order valence-corrected chi connectivity index (χ4v) is 4.89. The Balaban J connectivity index is 2.22. The zero-order valence-electron chi connectivity index (χ0n) is 12.5. The van der Waals surface area contributed by atoms with Crippen molar-refractivity contribution in [2.45, 2.75) is 32.8 Å². The number of rotatable bonds is 1. The lowest BCUT2D eigenvalue weighted by Gasteiger charge is -2.33. The summed E-state index contributed by atoms with van der Waals surface area (Å²) in [5, 5.41) is 9.53. The summed E-state index contributed by atoms with van der Waals surface area (Å²) >= 11 is 0. The quantitative estimate of drug-likeness (QED) is 0.765. The third-order valence-corrected chi connectivity index (χ3v) is 5.82. The van der Waals surface area contributed by atoms with E-state index in [-0.39, 0.29) is 31.0 Å². The molecule has 7 nitrogen and oxygen atoms in total. The van der Waals surface area contributed by atoms with Gasteiger partial charge in [-0.2, -0.15) is 0 Å². The molecule has 21 heavy (non-hydrogen) atoms. The molecule has 1 N–H and O–H groups in total. The van der Waals surface area contributed by atoms with E-state index in [1.807, 2.05) is 0 Å². The minimum absolute atomic E-state index is 0.0113. The molecule has 2 aliphatic rings. The first-order valence-corrected chi connectivity index (χ1v) is 8.69. The van der Waals surface area contributed by atoms with E-state index in [1.165, 1.54) is 4.90 Å². The maximum Gasteiger partial charge on any atom is 0.410 e. The third-order valence-electron chi connectivity index (χ3n) is 4.09. The van der Waals surface area contributed by atoms with Crippen LogP contribution >= 0.6 is 0 Å². The summed E-state index contributed by atoms with van der Waals surface area (Å²) in [4.78, 5) is 25.1. The summed E-state index contributed by atoms with van der Waals surface area (Å²) in [6.07, 6.45) is -0.538. The summed E-state index contributed by atoms with van der Waals surface area (Å²) in [6, 6.07) is 0. The van der Waals surface area contributed by atoms with Crippen molar-refractivity contribution < 1.29 is 27.9 Å². The van der Waals surface area contributed by atoms with E-state index in [9.17, 15) is 23.1 Å². The van der Waals surface area contributed by atoms with E-state index >= 15 is 0 Å². The molecule has 0 aliphatic carbocycles. The van der Waals surface area contributed by atoms with E-state index in [0.717, 1.165) is 0 Å². The normalized spacial score (nSPS) is 31.6. The van der Waals surface area contributed by atoms with Crippen molar-refractivity contribution in [3.05, 3.63) is 0 Å². The van der Waals surface area contributed by atoms with Gasteiger partial charge in [0.1, 0.15) is 5.60 Å². The molecule has 120 valence electrons. The molecule has 2 unspecified atom stereocenters. The summed E-state index contributed by atoms with van der Waals surface area (Å²) in [5.41, 5.74) is -1.84. The average Bonchev–Trinajstić information content (AvgIpc) is 2.65. The maximum absolute atomic E-state index is 12.1. The topological polar surface area (TPSA) is 101 Å². The number of likely N-dealkylation sites (tertiary alicyclic amines) is 1. The minimum Gasteiger partial charge on any atom is -0.481 e. The van der Waals surface area contributed by atoms with Crippen LogP contribution in [0.4, 0.5) is 4.79 Å². The first-order chi connectivity index (χ1) is 9.45. The highest BCUT2D eigenvalue weighted by atomic mass is 32.2. The molecule has 0 aromatic heterocycles. The number of carboxylic acid groups (broad SMARTS) is 1. The smallest absolute Gasteiger partial charge is 0.410 e. The molecule has 1 amide bonds. The zero-order valence-corrected chi connectivity index (χ0v) is 13.3. The molecule has 0 saturated carbocycles. The molecule has 2 fully saturated rings. The number of carboxylic acids is 1. The molecule has 0 aromatic carbocycles. The molecule has 2 rings (SSSR count). The second kappa shape index (κ2) is 4.86. The van der Waals surface area contributed by atoms with Gasteiger partial charge < -0.3 is 14.7 Å². The van der Waals surface area contributed by atoms with Gasteiger partial charge in [0.15, 0.2) is 9.84 Å². The highest BCUT2D eigenvalue weighted by molar-refractivity contribution is 7.91. The van der Waals surface area contributed by atoms with Gasteiger partial charge in [0.2, 0.25) is 0 Å². The molecule has 2 atom stereocenters. The van der Waals surface area contributed by atoms with Crippen LogP contribution in [-0.4, -0.2) is 60.7 Å². The highest BCUT2D eigenvalue weighted by Gasteiger charge is 2.57. The fourth-order valence-electron chi connectivity index (χ4n) is 3.01. The van der Waals surface area contributed by atoms with E-state index in [2.05, 4.69) is 0 Å². The zero-order chi connectivity index (χ0) is 16.1. The summed E-state index contributed by atoms with van der Waals surface area (Å²) in [7, 11) is -3.23. The van der Waals surface area contributed by atoms with Crippen LogP contribution in [0.3, 0.4) is 0 Å². The largest absolute Gasteiger partial charge is 0.481 e. The lowest BCUT2D eigenvalue weighted by molar-refractivity contribution is -0.150. The van der Waals surface area contributed by atoms with Gasteiger partial charge in [-0.3, -0.25) is 4.79 Å². The predicted octanol–water partition coefficient (Wildman–Crippen LogP) is 0.743. The standard InChI is InChI=1S/C13H21NO6S/c1-12(2,3)20-11(17)14-6-9-7-21(18,19)5-4-13(9,8-14)10(15)16/h9H,4-8H2,1-3H3,(H,15,16). The number of aliphatic carboxylic acids is 1. The van der Waals surface area contributed by atoms with E-state index in [4.69, 9.17) is 4.74 Å². The Morgan fingerprint density at radius 2 is 1.95 bits per heavy atom. The Morgan fingerprint density at radius 1 is 1.33 bits per heavy atom. The number of ether oxygens (including phenoxy) is 1. The molecular weight excluding hydrogens is 298 g/mol. The second-order valence-electron chi connectivity index (χ2n) is 6.88. The number of sulfone groups is 1. The SMILES string of the molecule is CC(C)(C)OC(=O)N1CC2CS(=O)(=O)CCC2(C(=O)O)C1. The number of carbonyl (C=O) groups is 2. The van der Waals surface area contributed by atoms with Crippen molar-refractivity contribution in [3.63, 3.8) is 0 Å². The average molecular weight is 319 g/mol. The van der Waals surface area contributed by atoms with E-state index in [0.29, 0.717) is 0 Å².